The molecule has 0 saturated heterocycles. The molecular weight excluding hydrogens is 252 g/mol. The van der Waals surface area contributed by atoms with E-state index in [4.69, 9.17) is 5.73 Å². The first-order valence-electron chi connectivity index (χ1n) is 6.62. The van der Waals surface area contributed by atoms with Gasteiger partial charge in [0.1, 0.15) is 0 Å². The van der Waals surface area contributed by atoms with Crippen molar-refractivity contribution in [2.75, 3.05) is 11.9 Å². The molecule has 1 aromatic heterocycles. The summed E-state index contributed by atoms with van der Waals surface area (Å²) >= 11 is 0. The van der Waals surface area contributed by atoms with Gasteiger partial charge in [-0.2, -0.15) is 0 Å². The molecule has 1 amide bonds. The molecule has 1 fully saturated rings. The van der Waals surface area contributed by atoms with Gasteiger partial charge in [0.2, 0.25) is 5.91 Å². The number of benzene rings is 1. The molecule has 1 aliphatic rings. The smallest absolute Gasteiger partial charge is 0.231 e. The Morgan fingerprint density at radius 2 is 1.85 bits per heavy atom. The molecule has 102 valence electrons. The van der Waals surface area contributed by atoms with E-state index in [1.165, 1.54) is 0 Å². The summed E-state index contributed by atoms with van der Waals surface area (Å²) in [5.74, 6) is 0.611. The van der Waals surface area contributed by atoms with Crippen LogP contribution in [0.2, 0.25) is 0 Å². The van der Waals surface area contributed by atoms with Gasteiger partial charge in [-0.15, -0.1) is 0 Å². The van der Waals surface area contributed by atoms with E-state index in [1.807, 2.05) is 30.3 Å². The predicted octanol–water partition coefficient (Wildman–Crippen LogP) is 1.82. The van der Waals surface area contributed by atoms with Crippen LogP contribution in [0.15, 0.2) is 42.7 Å². The van der Waals surface area contributed by atoms with Gasteiger partial charge in [0.15, 0.2) is 5.82 Å². The molecule has 5 nitrogen and oxygen atoms in total. The van der Waals surface area contributed by atoms with Crippen LogP contribution in [0.3, 0.4) is 0 Å². The maximum atomic E-state index is 12.0. The Morgan fingerprint density at radius 3 is 2.40 bits per heavy atom. The predicted molar refractivity (Wildman–Crippen MR) is 76.8 cm³/mol. The molecule has 0 unspecified atom stereocenters. The third-order valence-corrected chi connectivity index (χ3v) is 3.67. The number of nitrogens with zero attached hydrogens (tertiary/aromatic N) is 2. The lowest BCUT2D eigenvalue weighted by atomic mass is 10.1. The first-order chi connectivity index (χ1) is 9.73. The van der Waals surface area contributed by atoms with E-state index in [2.05, 4.69) is 15.3 Å². The average Bonchev–Trinajstić information content (AvgIpc) is 3.30. The van der Waals surface area contributed by atoms with Gasteiger partial charge in [0, 0.05) is 12.1 Å². The maximum Gasteiger partial charge on any atom is 0.231 e. The highest BCUT2D eigenvalue weighted by Crippen LogP contribution is 2.45. The van der Waals surface area contributed by atoms with Gasteiger partial charge in [-0.1, -0.05) is 30.3 Å². The molecule has 1 aromatic carbocycles. The second-order valence-corrected chi connectivity index (χ2v) is 5.10. The van der Waals surface area contributed by atoms with Crippen LogP contribution in [0, 0.1) is 5.41 Å². The van der Waals surface area contributed by atoms with E-state index in [1.54, 1.807) is 12.4 Å². The van der Waals surface area contributed by atoms with Crippen molar-refractivity contribution in [3.8, 4) is 11.4 Å². The lowest BCUT2D eigenvalue weighted by Gasteiger charge is -2.12. The summed E-state index contributed by atoms with van der Waals surface area (Å²) in [6, 6.07) is 9.71. The Balaban J connectivity index is 1.72. The van der Waals surface area contributed by atoms with Gasteiger partial charge in [-0.3, -0.25) is 4.79 Å². The summed E-state index contributed by atoms with van der Waals surface area (Å²) in [5.41, 5.74) is 6.82. The lowest BCUT2D eigenvalue weighted by Crippen LogP contribution is -2.30. The molecule has 1 saturated carbocycles. The van der Waals surface area contributed by atoms with Crippen molar-refractivity contribution in [1.29, 1.82) is 0 Å². The highest BCUT2D eigenvalue weighted by Gasteiger charge is 2.48. The quantitative estimate of drug-likeness (QED) is 0.886. The number of nitrogens with two attached hydrogens (primary N) is 1. The second kappa shape index (κ2) is 5.02. The Kier molecular flexibility index (Phi) is 3.20. The van der Waals surface area contributed by atoms with Crippen molar-refractivity contribution in [2.45, 2.75) is 12.8 Å². The normalized spacial score (nSPS) is 15.7. The van der Waals surface area contributed by atoms with Crippen LogP contribution >= 0.6 is 0 Å². The minimum Gasteiger partial charge on any atom is -0.329 e. The molecule has 3 rings (SSSR count). The topological polar surface area (TPSA) is 80.9 Å². The van der Waals surface area contributed by atoms with Gasteiger partial charge in [0.25, 0.3) is 0 Å². The Morgan fingerprint density at radius 1 is 1.20 bits per heavy atom. The molecule has 1 aliphatic carbocycles. The Labute approximate surface area is 117 Å². The SMILES string of the molecule is NCC1(C(=O)Nc2cnc(-c3ccccc3)nc2)CC1. The number of hydrogen-bond acceptors (Lipinski definition) is 4. The highest BCUT2D eigenvalue weighted by atomic mass is 16.2. The van der Waals surface area contributed by atoms with Crippen molar-refractivity contribution in [3.63, 3.8) is 0 Å². The third-order valence-electron chi connectivity index (χ3n) is 3.67. The molecule has 0 bridgehead atoms. The van der Waals surface area contributed by atoms with Gasteiger partial charge in [-0.25, -0.2) is 9.97 Å². The summed E-state index contributed by atoms with van der Waals surface area (Å²) in [4.78, 5) is 20.6. The van der Waals surface area contributed by atoms with Crippen LogP contribution in [0.4, 0.5) is 5.69 Å². The number of anilines is 1. The van der Waals surface area contributed by atoms with Crippen LogP contribution < -0.4 is 11.1 Å². The molecule has 5 heteroatoms. The fraction of sp³-hybridized carbons (Fsp3) is 0.267. The molecule has 20 heavy (non-hydrogen) atoms. The van der Waals surface area contributed by atoms with E-state index < -0.39 is 0 Å². The van der Waals surface area contributed by atoms with Crippen LogP contribution in [0.1, 0.15) is 12.8 Å². The molecule has 1 heterocycles. The molecule has 0 spiro atoms. The number of aromatic nitrogens is 2. The maximum absolute atomic E-state index is 12.0. The van der Waals surface area contributed by atoms with E-state index in [9.17, 15) is 4.79 Å². The van der Waals surface area contributed by atoms with Crippen molar-refractivity contribution >= 4 is 11.6 Å². The minimum absolute atomic E-state index is 0.0314. The molecular formula is C15H16N4O. The summed E-state index contributed by atoms with van der Waals surface area (Å²) in [6.45, 7) is 0.391. The average molecular weight is 268 g/mol. The number of nitrogens with one attached hydrogen (secondary N) is 1. The lowest BCUT2D eigenvalue weighted by molar-refractivity contribution is -0.120. The van der Waals surface area contributed by atoms with Gasteiger partial charge in [-0.05, 0) is 12.8 Å². The number of rotatable bonds is 4. The number of carbonyl (C=O) groups excluding carboxylic acids is 1. The zero-order valence-corrected chi connectivity index (χ0v) is 11.0. The fourth-order valence-corrected chi connectivity index (χ4v) is 2.07. The summed E-state index contributed by atoms with van der Waals surface area (Å²) < 4.78 is 0. The van der Waals surface area contributed by atoms with Crippen molar-refractivity contribution in [3.05, 3.63) is 42.7 Å². The molecule has 0 atom stereocenters. The third kappa shape index (κ3) is 2.40. The molecule has 3 N–H and O–H groups in total. The molecule has 0 aliphatic heterocycles. The van der Waals surface area contributed by atoms with E-state index in [0.717, 1.165) is 18.4 Å². The zero-order valence-electron chi connectivity index (χ0n) is 11.0. The number of hydrogen-bond donors (Lipinski definition) is 2. The summed E-state index contributed by atoms with van der Waals surface area (Å²) in [6.07, 6.45) is 4.97. The van der Waals surface area contributed by atoms with Crippen molar-refractivity contribution < 1.29 is 4.79 Å². The van der Waals surface area contributed by atoms with Crippen molar-refractivity contribution in [2.24, 2.45) is 11.1 Å². The standard InChI is InChI=1S/C15H16N4O/c16-10-15(6-7-15)14(20)19-12-8-17-13(18-9-12)11-4-2-1-3-5-11/h1-5,8-9H,6-7,10,16H2,(H,19,20). The van der Waals surface area contributed by atoms with Crippen molar-refractivity contribution in [1.82, 2.24) is 9.97 Å². The molecule has 2 aromatic rings. The fourth-order valence-electron chi connectivity index (χ4n) is 2.07. The molecule has 0 radical (unpaired) electrons. The van der Waals surface area contributed by atoms with Crippen LogP contribution in [-0.4, -0.2) is 22.4 Å². The summed E-state index contributed by atoms with van der Waals surface area (Å²) in [5, 5.41) is 2.83. The largest absolute Gasteiger partial charge is 0.329 e. The Bertz CT molecular complexity index is 606. The van der Waals surface area contributed by atoms with Crippen LogP contribution in [-0.2, 0) is 4.79 Å². The van der Waals surface area contributed by atoms with E-state index in [0.29, 0.717) is 18.1 Å². The zero-order chi connectivity index (χ0) is 14.0. The number of carbonyl (C=O) groups is 1. The Hall–Kier alpha value is -2.27. The van der Waals surface area contributed by atoms with E-state index in [-0.39, 0.29) is 11.3 Å². The van der Waals surface area contributed by atoms with E-state index >= 15 is 0 Å². The first kappa shape index (κ1) is 12.7. The summed E-state index contributed by atoms with van der Waals surface area (Å²) in [7, 11) is 0. The number of amides is 1. The van der Waals surface area contributed by atoms with Gasteiger partial charge < -0.3 is 11.1 Å². The monoisotopic (exact) mass is 268 g/mol. The second-order valence-electron chi connectivity index (χ2n) is 5.10. The van der Waals surface area contributed by atoms with Crippen LogP contribution in [0.25, 0.3) is 11.4 Å². The van der Waals surface area contributed by atoms with Gasteiger partial charge >= 0.3 is 0 Å². The first-order valence-corrected chi connectivity index (χ1v) is 6.62. The van der Waals surface area contributed by atoms with Crippen LogP contribution in [0.5, 0.6) is 0 Å². The minimum atomic E-state index is -0.363. The van der Waals surface area contributed by atoms with Gasteiger partial charge in [0.05, 0.1) is 23.5 Å². The highest BCUT2D eigenvalue weighted by molar-refractivity contribution is 5.97.